The van der Waals surface area contributed by atoms with E-state index in [1.54, 1.807) is 22.9 Å². The van der Waals surface area contributed by atoms with Gasteiger partial charge in [0.2, 0.25) is 5.91 Å². The lowest BCUT2D eigenvalue weighted by Gasteiger charge is -2.33. The number of hydrogen-bond donors (Lipinski definition) is 2. The number of aromatic nitrogens is 2. The second kappa shape index (κ2) is 8.66. The molecule has 3 amide bonds. The van der Waals surface area contributed by atoms with E-state index in [-0.39, 0.29) is 30.0 Å². The van der Waals surface area contributed by atoms with Gasteiger partial charge in [-0.15, -0.1) is 11.3 Å². The Balaban J connectivity index is 1.32. The van der Waals surface area contributed by atoms with Gasteiger partial charge in [-0.2, -0.15) is 0 Å². The van der Waals surface area contributed by atoms with Crippen molar-refractivity contribution >= 4 is 39.2 Å². The van der Waals surface area contributed by atoms with E-state index in [0.717, 1.165) is 5.69 Å². The number of carbonyl (C=O) groups excluding carboxylic acids is 2. The van der Waals surface area contributed by atoms with E-state index in [0.29, 0.717) is 42.0 Å². The maximum atomic E-state index is 12.9. The zero-order valence-electron chi connectivity index (χ0n) is 16.6. The number of hydrogen-bond acceptors (Lipinski definition) is 5. The van der Waals surface area contributed by atoms with Gasteiger partial charge < -0.3 is 20.1 Å². The number of carbonyl (C=O) groups is 2. The molecule has 0 unspecified atom stereocenters. The molecule has 1 aliphatic heterocycles. The second-order valence-corrected chi connectivity index (χ2v) is 8.32. The van der Waals surface area contributed by atoms with Gasteiger partial charge in [0.25, 0.3) is 5.56 Å². The molecule has 0 radical (unpaired) electrons. The quantitative estimate of drug-likeness (QED) is 0.671. The van der Waals surface area contributed by atoms with Gasteiger partial charge in [-0.1, -0.05) is 18.2 Å². The van der Waals surface area contributed by atoms with Crippen molar-refractivity contribution in [3.63, 3.8) is 0 Å². The van der Waals surface area contributed by atoms with Crippen molar-refractivity contribution in [3.8, 4) is 0 Å². The summed E-state index contributed by atoms with van der Waals surface area (Å²) in [6.45, 7) is 1.30. The highest BCUT2D eigenvalue weighted by Crippen LogP contribution is 2.21. The number of nitrogens with one attached hydrogen (secondary N) is 2. The van der Waals surface area contributed by atoms with Crippen LogP contribution in [0.4, 0.5) is 10.5 Å². The molecule has 1 fully saturated rings. The fourth-order valence-corrected chi connectivity index (χ4v) is 4.39. The van der Waals surface area contributed by atoms with Crippen molar-refractivity contribution in [1.82, 2.24) is 19.8 Å². The van der Waals surface area contributed by atoms with Gasteiger partial charge in [0.05, 0.1) is 12.1 Å². The van der Waals surface area contributed by atoms with Gasteiger partial charge >= 0.3 is 6.03 Å². The first-order valence-electron chi connectivity index (χ1n) is 9.83. The number of amides is 3. The molecule has 3 aromatic rings. The molecular weight excluding hydrogens is 402 g/mol. The first-order chi connectivity index (χ1) is 14.5. The van der Waals surface area contributed by atoms with Gasteiger partial charge in [0.1, 0.15) is 10.5 Å². The summed E-state index contributed by atoms with van der Waals surface area (Å²) in [5.41, 5.74) is 1.23. The highest BCUT2D eigenvalue weighted by molar-refractivity contribution is 7.17. The summed E-state index contributed by atoms with van der Waals surface area (Å²) >= 11 is 1.35. The highest BCUT2D eigenvalue weighted by Gasteiger charge is 2.29. The summed E-state index contributed by atoms with van der Waals surface area (Å²) in [5, 5.41) is 4.71. The zero-order valence-corrected chi connectivity index (χ0v) is 17.4. The number of likely N-dealkylation sites (tertiary alicyclic amines) is 1. The third kappa shape index (κ3) is 4.35. The Bertz CT molecular complexity index is 1100. The molecule has 2 N–H and O–H groups in total. The average molecular weight is 426 g/mol. The van der Waals surface area contributed by atoms with E-state index in [1.165, 1.54) is 11.3 Å². The first-order valence-corrected chi connectivity index (χ1v) is 10.7. The topological polar surface area (TPSA) is 98.4 Å². The molecule has 30 heavy (non-hydrogen) atoms. The minimum absolute atomic E-state index is 0.00572. The number of anilines is 1. The molecule has 0 spiro atoms. The molecule has 1 aromatic carbocycles. The summed E-state index contributed by atoms with van der Waals surface area (Å²) in [7, 11) is 1.72. The molecule has 1 saturated heterocycles. The van der Waals surface area contributed by atoms with Crippen LogP contribution in [0.2, 0.25) is 0 Å². The fraction of sp³-hybridized carbons (Fsp3) is 0.333. The van der Waals surface area contributed by atoms with Crippen LogP contribution in [0.5, 0.6) is 0 Å². The number of piperidine rings is 1. The minimum Gasteiger partial charge on any atom is -0.338 e. The van der Waals surface area contributed by atoms with Crippen LogP contribution in [0.15, 0.2) is 46.6 Å². The van der Waals surface area contributed by atoms with Gasteiger partial charge in [-0.05, 0) is 36.4 Å². The molecule has 0 bridgehead atoms. The van der Waals surface area contributed by atoms with Crippen LogP contribution in [0.25, 0.3) is 10.2 Å². The Morgan fingerprint density at radius 1 is 1.23 bits per heavy atom. The van der Waals surface area contributed by atoms with Crippen LogP contribution < -0.4 is 10.9 Å². The second-order valence-electron chi connectivity index (χ2n) is 7.40. The maximum absolute atomic E-state index is 12.9. The van der Waals surface area contributed by atoms with Gasteiger partial charge in [-0.25, -0.2) is 9.78 Å². The number of rotatable bonds is 4. The van der Waals surface area contributed by atoms with Gasteiger partial charge in [0.15, 0.2) is 0 Å². The van der Waals surface area contributed by atoms with Crippen LogP contribution in [0.3, 0.4) is 0 Å². The van der Waals surface area contributed by atoms with Crippen molar-refractivity contribution in [2.24, 2.45) is 5.92 Å². The van der Waals surface area contributed by atoms with Crippen molar-refractivity contribution in [3.05, 3.63) is 58.0 Å². The molecule has 2 aromatic heterocycles. The predicted octanol–water partition coefficient (Wildman–Crippen LogP) is 2.89. The number of thiophene rings is 1. The smallest absolute Gasteiger partial charge is 0.321 e. The zero-order chi connectivity index (χ0) is 21.1. The van der Waals surface area contributed by atoms with E-state index in [2.05, 4.69) is 15.3 Å². The van der Waals surface area contributed by atoms with E-state index in [9.17, 15) is 14.4 Å². The van der Waals surface area contributed by atoms with Crippen molar-refractivity contribution in [1.29, 1.82) is 0 Å². The molecule has 0 aliphatic carbocycles. The van der Waals surface area contributed by atoms with Crippen molar-refractivity contribution in [2.45, 2.75) is 19.4 Å². The Labute approximate surface area is 177 Å². The highest BCUT2D eigenvalue weighted by atomic mass is 32.1. The fourth-order valence-electron chi connectivity index (χ4n) is 3.66. The minimum atomic E-state index is -0.177. The molecule has 0 atom stereocenters. The standard InChI is InChI=1S/C21H23N5O3S/c1-25(13-17-23-16-9-12-30-18(16)19(27)24-17)20(28)14-7-10-26(11-8-14)21(29)22-15-5-3-2-4-6-15/h2-6,9,12,14H,7-8,10-11,13H2,1H3,(H,22,29)(H,23,24,27). The number of benzene rings is 1. The van der Waals surface area contributed by atoms with Crippen molar-refractivity contribution < 1.29 is 9.59 Å². The largest absolute Gasteiger partial charge is 0.338 e. The molecule has 0 saturated carbocycles. The van der Waals surface area contributed by atoms with E-state index >= 15 is 0 Å². The van der Waals surface area contributed by atoms with Crippen LogP contribution in [0, 0.1) is 5.92 Å². The van der Waals surface area contributed by atoms with Crippen LogP contribution >= 0.6 is 11.3 Å². The average Bonchev–Trinajstić information content (AvgIpc) is 3.23. The molecule has 1 aliphatic rings. The molecular formula is C21H23N5O3S. The Kier molecular flexibility index (Phi) is 5.80. The Hall–Kier alpha value is -3.20. The molecule has 8 nitrogen and oxygen atoms in total. The number of aromatic amines is 1. The molecule has 156 valence electrons. The summed E-state index contributed by atoms with van der Waals surface area (Å²) in [6, 6.07) is 11.0. The van der Waals surface area contributed by atoms with E-state index in [4.69, 9.17) is 0 Å². The number of fused-ring (bicyclic) bond motifs is 1. The van der Waals surface area contributed by atoms with E-state index < -0.39 is 0 Å². The van der Waals surface area contributed by atoms with E-state index in [1.807, 2.05) is 35.7 Å². The summed E-state index contributed by atoms with van der Waals surface area (Å²) in [4.78, 5) is 47.9. The van der Waals surface area contributed by atoms with Crippen molar-refractivity contribution in [2.75, 3.05) is 25.5 Å². The molecule has 4 rings (SSSR count). The monoisotopic (exact) mass is 425 g/mol. The van der Waals surface area contributed by atoms with Gasteiger partial charge in [0, 0.05) is 31.7 Å². The number of para-hydroxylation sites is 1. The molecule has 3 heterocycles. The summed E-state index contributed by atoms with van der Waals surface area (Å²) < 4.78 is 0.592. The Morgan fingerprint density at radius 3 is 2.70 bits per heavy atom. The summed E-state index contributed by atoms with van der Waals surface area (Å²) in [6.07, 6.45) is 1.22. The van der Waals surface area contributed by atoms with Gasteiger partial charge in [-0.3, -0.25) is 9.59 Å². The maximum Gasteiger partial charge on any atom is 0.321 e. The number of H-pyrrole nitrogens is 1. The van der Waals surface area contributed by atoms with Crippen LogP contribution in [-0.4, -0.2) is 51.8 Å². The lowest BCUT2D eigenvalue weighted by atomic mass is 9.95. The Morgan fingerprint density at radius 2 is 1.97 bits per heavy atom. The lowest BCUT2D eigenvalue weighted by Crippen LogP contribution is -2.45. The molecule has 9 heteroatoms. The first kappa shape index (κ1) is 20.1. The lowest BCUT2D eigenvalue weighted by molar-refractivity contribution is -0.136. The third-order valence-electron chi connectivity index (χ3n) is 5.28. The van der Waals surface area contributed by atoms with Crippen LogP contribution in [0.1, 0.15) is 18.7 Å². The normalized spacial score (nSPS) is 14.6. The SMILES string of the molecule is CN(Cc1nc2ccsc2c(=O)[nH]1)C(=O)C1CCN(C(=O)Nc2ccccc2)CC1. The third-order valence-corrected chi connectivity index (χ3v) is 6.19. The summed E-state index contributed by atoms with van der Waals surface area (Å²) in [5.74, 6) is 0.333. The predicted molar refractivity (Wildman–Crippen MR) is 116 cm³/mol. The number of urea groups is 1. The number of nitrogens with zero attached hydrogens (tertiary/aromatic N) is 3. The van der Waals surface area contributed by atoms with Crippen LogP contribution in [-0.2, 0) is 11.3 Å².